The summed E-state index contributed by atoms with van der Waals surface area (Å²) in [6.45, 7) is 4.20. The Bertz CT molecular complexity index is 530. The number of benzene rings is 1. The van der Waals surface area contributed by atoms with Crippen LogP contribution in [0.3, 0.4) is 0 Å². The molecule has 1 saturated carbocycles. The highest BCUT2D eigenvalue weighted by molar-refractivity contribution is 5.96. The molecule has 0 bridgehead atoms. The van der Waals surface area contributed by atoms with Crippen LogP contribution in [0, 0.1) is 5.92 Å². The molecule has 1 aliphatic heterocycles. The van der Waals surface area contributed by atoms with E-state index in [-0.39, 0.29) is 11.7 Å². The number of hydrogen-bond acceptors (Lipinski definition) is 3. The van der Waals surface area contributed by atoms with Gasteiger partial charge in [0.1, 0.15) is 0 Å². The van der Waals surface area contributed by atoms with Crippen molar-refractivity contribution in [3.63, 3.8) is 0 Å². The topological polar surface area (TPSA) is 40.6 Å². The summed E-state index contributed by atoms with van der Waals surface area (Å²) in [6.07, 6.45) is 5.12. The molecule has 124 valence electrons. The van der Waals surface area contributed by atoms with Gasteiger partial charge in [0, 0.05) is 50.6 Å². The van der Waals surface area contributed by atoms with Crippen molar-refractivity contribution in [1.82, 2.24) is 9.80 Å². The molecule has 0 radical (unpaired) electrons. The average molecular weight is 314 g/mol. The Balaban J connectivity index is 1.41. The molecular weight excluding hydrogens is 288 g/mol. The standard InChI is InChI=1S/C19H26N2O2/c22-18(16-6-2-1-3-7-16)10-11-20-12-14-21(15-13-20)19(23)17-8-4-5-9-17/h1-3,6-7,17H,4-5,8-15H2. The normalized spacial score (nSPS) is 19.9. The monoisotopic (exact) mass is 314 g/mol. The van der Waals surface area contributed by atoms with E-state index >= 15 is 0 Å². The van der Waals surface area contributed by atoms with Crippen molar-refractivity contribution in [1.29, 1.82) is 0 Å². The summed E-state index contributed by atoms with van der Waals surface area (Å²) in [5.41, 5.74) is 0.794. The van der Waals surface area contributed by atoms with Gasteiger partial charge >= 0.3 is 0 Å². The highest BCUT2D eigenvalue weighted by Gasteiger charge is 2.29. The van der Waals surface area contributed by atoms with Crippen LogP contribution >= 0.6 is 0 Å². The van der Waals surface area contributed by atoms with Crippen LogP contribution in [-0.2, 0) is 4.79 Å². The van der Waals surface area contributed by atoms with Crippen molar-refractivity contribution in [3.05, 3.63) is 35.9 Å². The number of piperazine rings is 1. The number of amides is 1. The van der Waals surface area contributed by atoms with E-state index in [0.29, 0.717) is 12.3 Å². The predicted octanol–water partition coefficient (Wildman–Crippen LogP) is 2.59. The molecule has 4 heteroatoms. The van der Waals surface area contributed by atoms with Gasteiger partial charge in [-0.15, -0.1) is 0 Å². The zero-order valence-corrected chi connectivity index (χ0v) is 13.7. The highest BCUT2D eigenvalue weighted by atomic mass is 16.2. The minimum atomic E-state index is 0.204. The molecule has 2 aliphatic rings. The Kier molecular flexibility index (Phi) is 5.44. The number of hydrogen-bond donors (Lipinski definition) is 0. The number of carbonyl (C=O) groups is 2. The van der Waals surface area contributed by atoms with Gasteiger partial charge in [0.15, 0.2) is 5.78 Å². The van der Waals surface area contributed by atoms with Gasteiger partial charge in [-0.1, -0.05) is 43.2 Å². The summed E-state index contributed by atoms with van der Waals surface area (Å²) in [5.74, 6) is 0.846. The number of rotatable bonds is 5. The number of nitrogens with zero attached hydrogens (tertiary/aromatic N) is 2. The quantitative estimate of drug-likeness (QED) is 0.784. The lowest BCUT2D eigenvalue weighted by Crippen LogP contribution is -2.50. The Labute approximate surface area is 138 Å². The second-order valence-corrected chi connectivity index (χ2v) is 6.69. The summed E-state index contributed by atoms with van der Waals surface area (Å²) >= 11 is 0. The molecule has 1 saturated heterocycles. The minimum Gasteiger partial charge on any atom is -0.340 e. The molecule has 0 aromatic heterocycles. The number of carbonyl (C=O) groups excluding carboxylic acids is 2. The van der Waals surface area contributed by atoms with Gasteiger partial charge in [-0.2, -0.15) is 0 Å². The Hall–Kier alpha value is -1.68. The first-order chi connectivity index (χ1) is 11.2. The summed E-state index contributed by atoms with van der Waals surface area (Å²) in [6, 6.07) is 9.49. The molecule has 1 aromatic carbocycles. The van der Waals surface area contributed by atoms with Gasteiger partial charge in [0.2, 0.25) is 5.91 Å². The maximum atomic E-state index is 12.4. The Morgan fingerprint density at radius 2 is 1.61 bits per heavy atom. The first-order valence-electron chi connectivity index (χ1n) is 8.83. The highest BCUT2D eigenvalue weighted by Crippen LogP contribution is 2.26. The molecule has 1 amide bonds. The lowest BCUT2D eigenvalue weighted by atomic mass is 10.1. The van der Waals surface area contributed by atoms with Gasteiger partial charge in [0.05, 0.1) is 0 Å². The molecule has 23 heavy (non-hydrogen) atoms. The van der Waals surface area contributed by atoms with Gasteiger partial charge in [-0.25, -0.2) is 0 Å². The van der Waals surface area contributed by atoms with Crippen molar-refractivity contribution >= 4 is 11.7 Å². The van der Waals surface area contributed by atoms with E-state index in [1.54, 1.807) is 0 Å². The minimum absolute atomic E-state index is 0.204. The van der Waals surface area contributed by atoms with Crippen LogP contribution in [0.4, 0.5) is 0 Å². The third-order valence-electron chi connectivity index (χ3n) is 5.14. The van der Waals surface area contributed by atoms with E-state index in [9.17, 15) is 9.59 Å². The Morgan fingerprint density at radius 1 is 0.957 bits per heavy atom. The third-order valence-corrected chi connectivity index (χ3v) is 5.14. The van der Waals surface area contributed by atoms with E-state index < -0.39 is 0 Å². The zero-order chi connectivity index (χ0) is 16.1. The van der Waals surface area contributed by atoms with Crippen LogP contribution in [0.25, 0.3) is 0 Å². The average Bonchev–Trinajstić information content (AvgIpc) is 3.15. The third kappa shape index (κ3) is 4.20. The molecule has 1 heterocycles. The van der Waals surface area contributed by atoms with Gasteiger partial charge in [-0.05, 0) is 12.8 Å². The lowest BCUT2D eigenvalue weighted by molar-refractivity contribution is -0.137. The molecule has 2 fully saturated rings. The van der Waals surface area contributed by atoms with E-state index in [2.05, 4.69) is 4.90 Å². The maximum absolute atomic E-state index is 12.4. The molecule has 0 N–H and O–H groups in total. The number of ketones is 1. The molecule has 4 nitrogen and oxygen atoms in total. The van der Waals surface area contributed by atoms with Crippen LogP contribution in [0.5, 0.6) is 0 Å². The van der Waals surface area contributed by atoms with Gasteiger partial charge in [0.25, 0.3) is 0 Å². The van der Waals surface area contributed by atoms with Gasteiger partial charge < -0.3 is 4.90 Å². The maximum Gasteiger partial charge on any atom is 0.225 e. The van der Waals surface area contributed by atoms with Crippen molar-refractivity contribution in [2.75, 3.05) is 32.7 Å². The summed E-state index contributed by atoms with van der Waals surface area (Å²) in [7, 11) is 0. The van der Waals surface area contributed by atoms with Crippen LogP contribution in [0.2, 0.25) is 0 Å². The first kappa shape index (κ1) is 16.2. The van der Waals surface area contributed by atoms with Crippen molar-refractivity contribution in [3.8, 4) is 0 Å². The van der Waals surface area contributed by atoms with Crippen LogP contribution in [-0.4, -0.2) is 54.2 Å². The SMILES string of the molecule is O=C(CCN1CCN(C(=O)C2CCCC2)CC1)c1ccccc1. The second kappa shape index (κ2) is 7.73. The lowest BCUT2D eigenvalue weighted by Gasteiger charge is -2.35. The van der Waals surface area contributed by atoms with Crippen molar-refractivity contribution in [2.24, 2.45) is 5.92 Å². The van der Waals surface area contributed by atoms with Gasteiger partial charge in [-0.3, -0.25) is 14.5 Å². The van der Waals surface area contributed by atoms with E-state index in [1.165, 1.54) is 12.8 Å². The van der Waals surface area contributed by atoms with Crippen LogP contribution < -0.4 is 0 Å². The molecular formula is C19H26N2O2. The molecule has 3 rings (SSSR count). The van der Waals surface area contributed by atoms with Crippen molar-refractivity contribution < 1.29 is 9.59 Å². The summed E-state index contributed by atoms with van der Waals surface area (Å²) in [5, 5.41) is 0. The largest absolute Gasteiger partial charge is 0.340 e. The van der Waals surface area contributed by atoms with Crippen molar-refractivity contribution in [2.45, 2.75) is 32.1 Å². The first-order valence-corrected chi connectivity index (χ1v) is 8.83. The van der Waals surface area contributed by atoms with E-state index in [1.807, 2.05) is 35.2 Å². The van der Waals surface area contributed by atoms with E-state index in [4.69, 9.17) is 0 Å². The van der Waals surface area contributed by atoms with Crippen LogP contribution in [0.15, 0.2) is 30.3 Å². The zero-order valence-electron chi connectivity index (χ0n) is 13.7. The summed E-state index contributed by atoms with van der Waals surface area (Å²) in [4.78, 5) is 28.9. The smallest absolute Gasteiger partial charge is 0.225 e. The predicted molar refractivity (Wildman–Crippen MR) is 90.4 cm³/mol. The fourth-order valence-corrected chi connectivity index (χ4v) is 3.65. The molecule has 0 spiro atoms. The Morgan fingerprint density at radius 3 is 2.26 bits per heavy atom. The number of Topliss-reactive ketones (excluding diaryl/α,β-unsaturated/α-hetero) is 1. The molecule has 0 atom stereocenters. The molecule has 0 unspecified atom stereocenters. The summed E-state index contributed by atoms with van der Waals surface area (Å²) < 4.78 is 0. The molecule has 1 aliphatic carbocycles. The fourth-order valence-electron chi connectivity index (χ4n) is 3.65. The van der Waals surface area contributed by atoms with Crippen LogP contribution in [0.1, 0.15) is 42.5 Å². The molecule has 1 aromatic rings. The van der Waals surface area contributed by atoms with E-state index in [0.717, 1.165) is 51.1 Å². The fraction of sp³-hybridized carbons (Fsp3) is 0.579. The second-order valence-electron chi connectivity index (χ2n) is 6.69.